The molecule has 0 saturated heterocycles. The van der Waals surface area contributed by atoms with Gasteiger partial charge in [-0.25, -0.2) is 13.6 Å². The summed E-state index contributed by atoms with van der Waals surface area (Å²) in [5, 5.41) is 8.98. The van der Waals surface area contributed by atoms with Crippen molar-refractivity contribution in [2.45, 2.75) is 13.3 Å². The average Bonchev–Trinajstić information content (AvgIpc) is 2.38. The first-order valence-electron chi connectivity index (χ1n) is 5.59. The SMILES string of the molecule is Cc1nc(-c2ccccc2)cc(C(F)F)c1C(=O)O. The Morgan fingerprint density at radius 2 is 1.89 bits per heavy atom. The summed E-state index contributed by atoms with van der Waals surface area (Å²) in [7, 11) is 0. The van der Waals surface area contributed by atoms with Gasteiger partial charge in [-0.2, -0.15) is 0 Å². The van der Waals surface area contributed by atoms with Crippen molar-refractivity contribution in [3.05, 3.63) is 53.2 Å². The summed E-state index contributed by atoms with van der Waals surface area (Å²) in [6.07, 6.45) is -2.85. The Balaban J connectivity index is 2.65. The van der Waals surface area contributed by atoms with Gasteiger partial charge in [0.1, 0.15) is 0 Å². The van der Waals surface area contributed by atoms with Crippen LogP contribution < -0.4 is 0 Å². The van der Waals surface area contributed by atoms with Gasteiger partial charge in [0.2, 0.25) is 0 Å². The lowest BCUT2D eigenvalue weighted by atomic mass is 10.0. The summed E-state index contributed by atoms with van der Waals surface area (Å²) in [6.45, 7) is 1.42. The second kappa shape index (κ2) is 5.14. The molecule has 2 rings (SSSR count). The number of aromatic carboxylic acids is 1. The largest absolute Gasteiger partial charge is 0.478 e. The van der Waals surface area contributed by atoms with Crippen molar-refractivity contribution < 1.29 is 18.7 Å². The molecule has 2 aromatic rings. The van der Waals surface area contributed by atoms with E-state index in [2.05, 4.69) is 4.98 Å². The highest BCUT2D eigenvalue weighted by Crippen LogP contribution is 2.29. The highest BCUT2D eigenvalue weighted by molar-refractivity contribution is 5.91. The van der Waals surface area contributed by atoms with E-state index >= 15 is 0 Å². The van der Waals surface area contributed by atoms with E-state index in [-0.39, 0.29) is 5.69 Å². The number of halogens is 2. The number of alkyl halides is 2. The third kappa shape index (κ3) is 2.59. The van der Waals surface area contributed by atoms with Gasteiger partial charge in [-0.15, -0.1) is 0 Å². The lowest BCUT2D eigenvalue weighted by Crippen LogP contribution is -2.08. The number of hydrogen-bond donors (Lipinski definition) is 1. The van der Waals surface area contributed by atoms with Gasteiger partial charge in [0.05, 0.1) is 17.0 Å². The molecule has 1 heterocycles. The molecule has 0 amide bonds. The molecule has 98 valence electrons. The summed E-state index contributed by atoms with van der Waals surface area (Å²) < 4.78 is 25.9. The molecule has 3 nitrogen and oxygen atoms in total. The number of aromatic nitrogens is 1. The van der Waals surface area contributed by atoms with Crippen LogP contribution in [0.1, 0.15) is 28.0 Å². The number of carboxylic acids is 1. The number of rotatable bonds is 3. The minimum Gasteiger partial charge on any atom is -0.478 e. The van der Waals surface area contributed by atoms with Crippen LogP contribution >= 0.6 is 0 Å². The van der Waals surface area contributed by atoms with Gasteiger partial charge in [-0.3, -0.25) is 4.98 Å². The zero-order chi connectivity index (χ0) is 14.0. The molecule has 0 radical (unpaired) electrons. The number of nitrogens with zero attached hydrogens (tertiary/aromatic N) is 1. The molecule has 5 heteroatoms. The van der Waals surface area contributed by atoms with Crippen LogP contribution in [0.3, 0.4) is 0 Å². The third-order valence-electron chi connectivity index (χ3n) is 2.75. The van der Waals surface area contributed by atoms with Gasteiger partial charge in [0, 0.05) is 11.1 Å². The lowest BCUT2D eigenvalue weighted by Gasteiger charge is -2.11. The highest BCUT2D eigenvalue weighted by atomic mass is 19.3. The molecule has 1 aromatic heterocycles. The number of carboxylic acid groups (broad SMARTS) is 1. The molecule has 0 unspecified atom stereocenters. The molecule has 19 heavy (non-hydrogen) atoms. The van der Waals surface area contributed by atoms with Crippen molar-refractivity contribution in [1.82, 2.24) is 4.98 Å². The van der Waals surface area contributed by atoms with Crippen LogP contribution in [-0.4, -0.2) is 16.1 Å². The van der Waals surface area contributed by atoms with E-state index in [1.165, 1.54) is 6.92 Å². The predicted octanol–water partition coefficient (Wildman–Crippen LogP) is 3.69. The molecule has 1 aromatic carbocycles. The van der Waals surface area contributed by atoms with Gasteiger partial charge in [-0.1, -0.05) is 30.3 Å². The minimum atomic E-state index is -2.85. The Morgan fingerprint density at radius 3 is 2.42 bits per heavy atom. The van der Waals surface area contributed by atoms with E-state index in [0.29, 0.717) is 11.3 Å². The fourth-order valence-corrected chi connectivity index (χ4v) is 1.90. The molecular weight excluding hydrogens is 252 g/mol. The zero-order valence-corrected chi connectivity index (χ0v) is 10.1. The van der Waals surface area contributed by atoms with Crippen LogP contribution in [0.4, 0.5) is 8.78 Å². The van der Waals surface area contributed by atoms with E-state index in [1.54, 1.807) is 30.3 Å². The summed E-state index contributed by atoms with van der Waals surface area (Å²) in [6, 6.07) is 9.93. The van der Waals surface area contributed by atoms with E-state index in [9.17, 15) is 13.6 Å². The predicted molar refractivity (Wildman–Crippen MR) is 66.3 cm³/mol. The summed E-state index contributed by atoms with van der Waals surface area (Å²) in [4.78, 5) is 15.1. The van der Waals surface area contributed by atoms with Crippen molar-refractivity contribution in [2.24, 2.45) is 0 Å². The Hall–Kier alpha value is -2.30. The van der Waals surface area contributed by atoms with Gasteiger partial charge in [-0.05, 0) is 13.0 Å². The summed E-state index contributed by atoms with van der Waals surface area (Å²) in [5.41, 5.74) is 0.181. The van der Waals surface area contributed by atoms with Crippen LogP contribution in [0, 0.1) is 6.92 Å². The molecule has 0 saturated carbocycles. The van der Waals surface area contributed by atoms with Crippen LogP contribution in [0.25, 0.3) is 11.3 Å². The van der Waals surface area contributed by atoms with Crippen LogP contribution in [0.5, 0.6) is 0 Å². The molecule has 0 spiro atoms. The Bertz CT molecular complexity index is 612. The summed E-state index contributed by atoms with van der Waals surface area (Å²) in [5.74, 6) is -1.39. The van der Waals surface area contributed by atoms with E-state index in [1.807, 2.05) is 0 Å². The molecular formula is C14H11F2NO2. The lowest BCUT2D eigenvalue weighted by molar-refractivity contribution is 0.0683. The molecule has 0 bridgehead atoms. The Labute approximate surface area is 108 Å². The maximum Gasteiger partial charge on any atom is 0.338 e. The second-order valence-corrected chi connectivity index (χ2v) is 4.03. The molecule has 0 aliphatic heterocycles. The van der Waals surface area contributed by atoms with Crippen LogP contribution in [0.15, 0.2) is 36.4 Å². The molecule has 1 N–H and O–H groups in total. The monoisotopic (exact) mass is 263 g/mol. The highest BCUT2D eigenvalue weighted by Gasteiger charge is 2.22. The standard InChI is InChI=1S/C14H11F2NO2/c1-8-12(14(18)19)10(13(15)16)7-11(17-8)9-5-3-2-4-6-9/h2-7,13H,1H3,(H,18,19). The second-order valence-electron chi connectivity index (χ2n) is 4.03. The molecule has 0 fully saturated rings. The number of benzene rings is 1. The first-order valence-corrected chi connectivity index (χ1v) is 5.59. The minimum absolute atomic E-state index is 0.0872. The zero-order valence-electron chi connectivity index (χ0n) is 10.1. The van der Waals surface area contributed by atoms with Gasteiger partial charge in [0.15, 0.2) is 0 Å². The van der Waals surface area contributed by atoms with Gasteiger partial charge < -0.3 is 5.11 Å². The molecule has 0 atom stereocenters. The number of carbonyl (C=O) groups is 1. The van der Waals surface area contributed by atoms with Crippen molar-refractivity contribution in [2.75, 3.05) is 0 Å². The van der Waals surface area contributed by atoms with Crippen LogP contribution in [-0.2, 0) is 0 Å². The summed E-state index contributed by atoms with van der Waals surface area (Å²) >= 11 is 0. The first kappa shape index (κ1) is 13.1. The van der Waals surface area contributed by atoms with Crippen molar-refractivity contribution in [3.63, 3.8) is 0 Å². The van der Waals surface area contributed by atoms with E-state index < -0.39 is 23.5 Å². The molecule has 0 aliphatic carbocycles. The average molecular weight is 263 g/mol. The van der Waals surface area contributed by atoms with Crippen molar-refractivity contribution in [1.29, 1.82) is 0 Å². The van der Waals surface area contributed by atoms with E-state index in [0.717, 1.165) is 6.07 Å². The fourth-order valence-electron chi connectivity index (χ4n) is 1.90. The Kier molecular flexibility index (Phi) is 3.55. The fraction of sp³-hybridized carbons (Fsp3) is 0.143. The van der Waals surface area contributed by atoms with Crippen LogP contribution in [0.2, 0.25) is 0 Å². The number of pyridine rings is 1. The maximum atomic E-state index is 13.0. The van der Waals surface area contributed by atoms with Crippen molar-refractivity contribution in [3.8, 4) is 11.3 Å². The first-order chi connectivity index (χ1) is 9.00. The third-order valence-corrected chi connectivity index (χ3v) is 2.75. The smallest absolute Gasteiger partial charge is 0.338 e. The maximum absolute atomic E-state index is 13.0. The quantitative estimate of drug-likeness (QED) is 0.918. The van der Waals surface area contributed by atoms with Gasteiger partial charge in [0.25, 0.3) is 6.43 Å². The Morgan fingerprint density at radius 1 is 1.26 bits per heavy atom. The topological polar surface area (TPSA) is 50.2 Å². The number of aryl methyl sites for hydroxylation is 1. The van der Waals surface area contributed by atoms with Gasteiger partial charge >= 0.3 is 5.97 Å². The number of hydrogen-bond acceptors (Lipinski definition) is 2. The van der Waals surface area contributed by atoms with E-state index in [4.69, 9.17) is 5.11 Å². The van der Waals surface area contributed by atoms with Crippen molar-refractivity contribution >= 4 is 5.97 Å². The normalized spacial score (nSPS) is 10.7. The molecule has 0 aliphatic rings.